The second-order valence-electron chi connectivity index (χ2n) is 13.9. The minimum atomic E-state index is -0.981. The van der Waals surface area contributed by atoms with Crippen molar-refractivity contribution in [3.8, 4) is 0 Å². The monoisotopic (exact) mass is 847 g/mol. The van der Waals surface area contributed by atoms with E-state index < -0.39 is 34.0 Å². The van der Waals surface area contributed by atoms with Crippen molar-refractivity contribution in [2.24, 2.45) is 5.92 Å². The summed E-state index contributed by atoms with van der Waals surface area (Å²) >= 11 is 3.35. The summed E-state index contributed by atoms with van der Waals surface area (Å²) in [6.07, 6.45) is 13.2. The quantitative estimate of drug-likeness (QED) is 0.0350. The Bertz CT molecular complexity index is 812. The number of esters is 1. The summed E-state index contributed by atoms with van der Waals surface area (Å²) in [7, 11) is -1.96. The molecule has 0 aliphatic rings. The zero-order chi connectivity index (χ0) is 36.2. The summed E-state index contributed by atoms with van der Waals surface area (Å²) in [6, 6.07) is 0. The molecule has 0 aromatic rings. The van der Waals surface area contributed by atoms with Gasteiger partial charge in [0.2, 0.25) is 0 Å². The summed E-state index contributed by atoms with van der Waals surface area (Å²) in [5, 5.41) is 9.93. The van der Waals surface area contributed by atoms with Gasteiger partial charge < -0.3 is 41.2 Å². The molecule has 1 atom stereocenters. The van der Waals surface area contributed by atoms with Gasteiger partial charge in [0.1, 0.15) is 22.1 Å². The first-order chi connectivity index (χ1) is 19.9. The number of carbonyl (C=O) groups is 2. The Balaban J connectivity index is -0.0000000488. The fourth-order valence-electron chi connectivity index (χ4n) is 3.15. The fraction of sp³-hybridized carbons (Fsp3) is 0.694. The van der Waals surface area contributed by atoms with E-state index in [1.165, 1.54) is 43.5 Å². The van der Waals surface area contributed by atoms with Gasteiger partial charge in [0, 0.05) is 11.4 Å². The van der Waals surface area contributed by atoms with Crippen molar-refractivity contribution >= 4 is 90.4 Å². The van der Waals surface area contributed by atoms with Gasteiger partial charge in [0.15, 0.2) is 0 Å². The summed E-state index contributed by atoms with van der Waals surface area (Å²) in [4.78, 5) is 21.7. The number of alkyl halides is 1. The first kappa shape index (κ1) is 66.1. The number of aliphatic carboxylic acids is 1. The number of halogens is 2. The van der Waals surface area contributed by atoms with Crippen LogP contribution in [0.25, 0.3) is 0 Å². The summed E-state index contributed by atoms with van der Waals surface area (Å²) in [6.45, 7) is 42.3. The van der Waals surface area contributed by atoms with Gasteiger partial charge in [-0.3, -0.25) is 4.79 Å². The van der Waals surface area contributed by atoms with Crippen LogP contribution in [0.4, 0.5) is 0 Å². The van der Waals surface area contributed by atoms with E-state index in [0.717, 1.165) is 17.6 Å². The predicted octanol–water partition coefficient (Wildman–Crippen LogP) is 8.38. The minimum absolute atomic E-state index is 0. The van der Waals surface area contributed by atoms with E-state index in [0.29, 0.717) is 12.0 Å². The summed E-state index contributed by atoms with van der Waals surface area (Å²) < 4.78 is 8.80. The van der Waals surface area contributed by atoms with E-state index in [1.54, 1.807) is 26.8 Å². The third-order valence-electron chi connectivity index (χ3n) is 5.01. The van der Waals surface area contributed by atoms with Crippen LogP contribution < -0.4 is 21.6 Å². The van der Waals surface area contributed by atoms with Crippen molar-refractivity contribution < 1.29 is 39.3 Å². The van der Waals surface area contributed by atoms with Gasteiger partial charge >= 0.3 is 58.0 Å². The maximum atomic E-state index is 11.1. The van der Waals surface area contributed by atoms with Crippen LogP contribution in [0, 0.1) is 12.8 Å². The average Bonchev–Trinajstić information content (AvgIpc) is 2.81. The molecule has 0 amide bonds. The zero-order valence-electron chi connectivity index (χ0n) is 35.4. The summed E-state index contributed by atoms with van der Waals surface area (Å²) in [5.41, 5.74) is 2.20. The van der Waals surface area contributed by atoms with Crippen LogP contribution in [0.5, 0.6) is 0 Å². The molecule has 0 heterocycles. The van der Waals surface area contributed by atoms with E-state index >= 15 is 0 Å². The van der Waals surface area contributed by atoms with Crippen LogP contribution in [-0.2, 0) is 14.3 Å². The average molecular weight is 851 g/mol. The Morgan fingerprint density at radius 1 is 0.936 bits per heavy atom. The van der Waals surface area contributed by atoms with Gasteiger partial charge in [-0.15, -0.1) is 0 Å². The number of hydrogen-bond acceptors (Lipinski definition) is 4. The van der Waals surface area contributed by atoms with Crippen molar-refractivity contribution in [2.75, 3.05) is 5.33 Å². The molecule has 1 unspecified atom stereocenters. The van der Waals surface area contributed by atoms with Crippen molar-refractivity contribution in [3.05, 3.63) is 55.0 Å². The molecule has 0 saturated heterocycles. The predicted molar refractivity (Wildman–Crippen MR) is 222 cm³/mol. The molecule has 0 aromatic carbocycles. The van der Waals surface area contributed by atoms with Crippen LogP contribution in [0.2, 0.25) is 39.3 Å². The van der Waals surface area contributed by atoms with E-state index in [2.05, 4.69) is 93.8 Å². The maximum Gasteiger partial charge on any atom is 2.00 e. The largest absolute Gasteiger partial charge is 2.00 e. The third-order valence-corrected chi connectivity index (χ3v) is 11.6. The number of carboxylic acids is 1. The number of allylic oxidation sites excluding steroid dienone is 3. The van der Waals surface area contributed by atoms with E-state index in [1.807, 2.05) is 33.8 Å². The molecule has 274 valence electrons. The number of hydrogen-bond donors (Lipinski definition) is 2. The Morgan fingerprint density at radius 3 is 1.53 bits per heavy atom. The first-order valence-electron chi connectivity index (χ1n) is 16.0. The zero-order valence-corrected chi connectivity index (χ0v) is 41.4. The number of nitrogens with one attached hydrogen (secondary N) is 1. The maximum absolute atomic E-state index is 11.1. The minimum Gasteiger partial charge on any atom is -1.00 e. The van der Waals surface area contributed by atoms with Crippen molar-refractivity contribution in [2.45, 2.75) is 152 Å². The molecular weight excluding hydrogens is 775 g/mol. The molecule has 0 fully saturated rings. The van der Waals surface area contributed by atoms with Gasteiger partial charge in [0.05, 0.1) is 5.92 Å². The van der Waals surface area contributed by atoms with Crippen molar-refractivity contribution in [1.29, 1.82) is 0 Å². The first-order valence-corrected chi connectivity index (χ1v) is 24.2. The standard InChI is InChI=1S/2C10H16O2.C6H19NSi2.C5H11Br.C5H11.BrH.2Mg.2H/c1-7(2)5-6-9(8(3)4)10(11)12;1-6-10(4,5)12-9(11)7-8(2)3;1-8(2,3)7-9(4,5)6;1-2-3-4-5-6;1-3-5-4-2;;;;;/h5,9H,3,6H2,1-2,4H3,(H,11,12);6-7H,1H2,2-5H3;7H,1-6H3;2-5H2,1H3;1,3-5H2,2H3;1H;;;;/q;;;;-1;;2*+2;2*-1/p-1. The van der Waals surface area contributed by atoms with Crippen LogP contribution >= 0.6 is 15.9 Å². The molecule has 11 heteroatoms. The second-order valence-corrected chi connectivity index (χ2v) is 24.7. The van der Waals surface area contributed by atoms with E-state index in [4.69, 9.17) is 9.84 Å². The van der Waals surface area contributed by atoms with Gasteiger partial charge in [-0.1, -0.05) is 131 Å². The van der Waals surface area contributed by atoms with Crippen LogP contribution in [0.3, 0.4) is 0 Å². The SMILES string of the molecule is C=C(C)C(CC=C(C)C)C(=O)O.C=CC(C)(C)OC(=O)C=C(C)C.CCCCCBr.C[Si](C)(C)N[Si](C)(C)C.[Br-].[CH2-]CCCC.[H-].[H-].[Mg+2].[Mg+2]. The molecule has 5 nitrogen and oxygen atoms in total. The van der Waals surface area contributed by atoms with Gasteiger partial charge in [0.25, 0.3) is 0 Å². The Labute approximate surface area is 349 Å². The second kappa shape index (κ2) is 39.6. The number of unbranched alkanes of at least 4 members (excludes halogenated alkanes) is 4. The number of rotatable bonds is 14. The molecule has 0 radical (unpaired) electrons. The van der Waals surface area contributed by atoms with E-state index in [9.17, 15) is 9.59 Å². The molecular formula is C36H75Br2Mg2NO4Si2. The summed E-state index contributed by atoms with van der Waals surface area (Å²) in [5.74, 6) is -1.54. The normalized spacial score (nSPS) is 10.4. The molecule has 0 rings (SSSR count). The van der Waals surface area contributed by atoms with Crippen molar-refractivity contribution in [1.82, 2.24) is 4.65 Å². The van der Waals surface area contributed by atoms with Crippen LogP contribution in [-0.4, -0.2) is 90.6 Å². The van der Waals surface area contributed by atoms with Gasteiger partial charge in [-0.2, -0.15) is 6.42 Å². The molecule has 2 N–H and O–H groups in total. The molecule has 47 heavy (non-hydrogen) atoms. The molecule has 0 saturated carbocycles. The van der Waals surface area contributed by atoms with Gasteiger partial charge in [-0.25, -0.2) is 4.79 Å². The Kier molecular flexibility index (Phi) is 55.6. The Morgan fingerprint density at radius 2 is 1.36 bits per heavy atom. The third kappa shape index (κ3) is 69.3. The molecule has 0 aromatic heterocycles. The molecule has 0 bridgehead atoms. The smallest absolute Gasteiger partial charge is 1.00 e. The number of carboxylic acid groups (broad SMARTS) is 1. The van der Waals surface area contributed by atoms with Gasteiger partial charge in [-0.05, 0) is 67.4 Å². The van der Waals surface area contributed by atoms with Crippen LogP contribution in [0.15, 0.2) is 48.1 Å². The Hall–Kier alpha value is 0.786. The topological polar surface area (TPSA) is 75.6 Å². The fourth-order valence-corrected chi connectivity index (χ4v) is 12.5. The van der Waals surface area contributed by atoms with E-state index in [-0.39, 0.29) is 71.9 Å². The molecule has 0 aliphatic carbocycles. The molecule has 0 spiro atoms. The van der Waals surface area contributed by atoms with Crippen LogP contribution in [0.1, 0.15) is 110 Å². The number of carbonyl (C=O) groups excluding carboxylic acids is 1. The molecule has 0 aliphatic heterocycles. The number of ether oxygens (including phenoxy) is 1. The van der Waals surface area contributed by atoms with Crippen molar-refractivity contribution in [3.63, 3.8) is 0 Å².